The van der Waals surface area contributed by atoms with Crippen molar-refractivity contribution >= 4 is 10.0 Å². The lowest BCUT2D eigenvalue weighted by atomic mass is 10.2. The first kappa shape index (κ1) is 13.8. The van der Waals surface area contributed by atoms with E-state index >= 15 is 0 Å². The van der Waals surface area contributed by atoms with E-state index in [4.69, 9.17) is 4.42 Å². The minimum atomic E-state index is -3.70. The molecular weight excluding hydrogens is 266 g/mol. The van der Waals surface area contributed by atoms with Gasteiger partial charge in [-0.1, -0.05) is 18.2 Å². The third-order valence-corrected chi connectivity index (χ3v) is 4.38. The minimum Gasteiger partial charge on any atom is -0.468 e. The monoisotopic (exact) mass is 281 g/mol. The zero-order valence-corrected chi connectivity index (χ0v) is 11.2. The zero-order valence-electron chi connectivity index (χ0n) is 10.4. The number of rotatable bonds is 5. The highest BCUT2D eigenvalue weighted by molar-refractivity contribution is 7.89. The van der Waals surface area contributed by atoms with E-state index in [0.29, 0.717) is 11.3 Å². The molecule has 0 bridgehead atoms. The molecule has 0 fully saturated rings. The molecule has 0 saturated heterocycles. The fourth-order valence-corrected chi connectivity index (χ4v) is 3.23. The quantitative estimate of drug-likeness (QED) is 0.876. The highest BCUT2D eigenvalue weighted by Gasteiger charge is 2.21. The fourth-order valence-electron chi connectivity index (χ4n) is 1.79. The Morgan fingerprint density at radius 1 is 1.26 bits per heavy atom. The normalized spacial score (nSPS) is 13.4. The molecule has 2 aromatic rings. The standard InChI is InChI=1S/C13H15NO4S/c1-10(12-6-4-8-18-12)14-19(16,17)13-7-3-2-5-11(13)9-15/h2-8,10,14-15H,9H2,1H3. The largest absolute Gasteiger partial charge is 0.468 e. The molecule has 0 aliphatic heterocycles. The van der Waals surface area contributed by atoms with Crippen LogP contribution in [0.25, 0.3) is 0 Å². The van der Waals surface area contributed by atoms with Gasteiger partial charge in [-0.05, 0) is 30.7 Å². The zero-order chi connectivity index (χ0) is 13.9. The Morgan fingerprint density at radius 3 is 2.63 bits per heavy atom. The van der Waals surface area contributed by atoms with Crippen molar-refractivity contribution in [2.24, 2.45) is 0 Å². The molecular formula is C13H15NO4S. The van der Waals surface area contributed by atoms with Gasteiger partial charge in [0.2, 0.25) is 10.0 Å². The third-order valence-electron chi connectivity index (χ3n) is 2.73. The summed E-state index contributed by atoms with van der Waals surface area (Å²) in [5, 5.41) is 9.19. The van der Waals surface area contributed by atoms with Gasteiger partial charge < -0.3 is 9.52 Å². The summed E-state index contributed by atoms with van der Waals surface area (Å²) in [7, 11) is -3.70. The van der Waals surface area contributed by atoms with Crippen molar-refractivity contribution in [1.82, 2.24) is 4.72 Å². The van der Waals surface area contributed by atoms with Crippen LogP contribution in [0.4, 0.5) is 0 Å². The molecule has 0 aliphatic carbocycles. The number of aliphatic hydroxyl groups is 1. The van der Waals surface area contributed by atoms with Crippen LogP contribution in [0.15, 0.2) is 52.0 Å². The molecule has 0 aliphatic rings. The predicted molar refractivity (Wildman–Crippen MR) is 69.8 cm³/mol. The van der Waals surface area contributed by atoms with Crippen LogP contribution in [0.3, 0.4) is 0 Å². The summed E-state index contributed by atoms with van der Waals surface area (Å²) in [4.78, 5) is 0.0795. The van der Waals surface area contributed by atoms with Crippen molar-refractivity contribution in [1.29, 1.82) is 0 Å². The Morgan fingerprint density at radius 2 is 2.00 bits per heavy atom. The predicted octanol–water partition coefficient (Wildman–Crippen LogP) is 1.81. The van der Waals surface area contributed by atoms with E-state index in [2.05, 4.69) is 4.72 Å². The van der Waals surface area contributed by atoms with Crippen LogP contribution in [-0.2, 0) is 16.6 Å². The molecule has 0 radical (unpaired) electrons. The molecule has 1 aromatic heterocycles. The maximum absolute atomic E-state index is 12.3. The van der Waals surface area contributed by atoms with Crippen molar-refractivity contribution in [2.75, 3.05) is 0 Å². The molecule has 2 N–H and O–H groups in total. The first-order valence-corrected chi connectivity index (χ1v) is 7.27. The molecule has 19 heavy (non-hydrogen) atoms. The van der Waals surface area contributed by atoms with E-state index in [1.54, 1.807) is 37.3 Å². The lowest BCUT2D eigenvalue weighted by molar-refractivity contribution is 0.278. The summed E-state index contributed by atoms with van der Waals surface area (Å²) >= 11 is 0. The number of furan rings is 1. The molecule has 1 unspecified atom stereocenters. The van der Waals surface area contributed by atoms with Crippen LogP contribution in [-0.4, -0.2) is 13.5 Å². The van der Waals surface area contributed by atoms with E-state index in [9.17, 15) is 13.5 Å². The Bertz CT molecular complexity index is 634. The van der Waals surface area contributed by atoms with Crippen molar-refractivity contribution in [3.63, 3.8) is 0 Å². The van der Waals surface area contributed by atoms with Gasteiger partial charge in [-0.2, -0.15) is 0 Å². The molecule has 2 rings (SSSR count). The van der Waals surface area contributed by atoms with E-state index in [1.807, 2.05) is 0 Å². The smallest absolute Gasteiger partial charge is 0.241 e. The van der Waals surface area contributed by atoms with Crippen molar-refractivity contribution < 1.29 is 17.9 Å². The summed E-state index contributed by atoms with van der Waals surface area (Å²) in [5.41, 5.74) is 0.363. The lowest BCUT2D eigenvalue weighted by Gasteiger charge is -2.14. The van der Waals surface area contributed by atoms with Gasteiger partial charge in [0.1, 0.15) is 5.76 Å². The van der Waals surface area contributed by atoms with Crippen LogP contribution in [0.2, 0.25) is 0 Å². The summed E-state index contributed by atoms with van der Waals surface area (Å²) in [6, 6.07) is 9.25. The molecule has 102 valence electrons. The van der Waals surface area contributed by atoms with Gasteiger partial charge in [-0.15, -0.1) is 0 Å². The van der Waals surface area contributed by atoms with Gasteiger partial charge >= 0.3 is 0 Å². The Labute approximate surface area is 111 Å². The summed E-state index contributed by atoms with van der Waals surface area (Å²) < 4.78 is 32.2. The molecule has 0 spiro atoms. The topological polar surface area (TPSA) is 79.5 Å². The average molecular weight is 281 g/mol. The minimum absolute atomic E-state index is 0.0795. The second-order valence-corrected chi connectivity index (χ2v) is 5.81. The second kappa shape index (κ2) is 5.56. The third kappa shape index (κ3) is 3.04. The summed E-state index contributed by atoms with van der Waals surface area (Å²) in [6.07, 6.45) is 1.49. The molecule has 1 aromatic carbocycles. The summed E-state index contributed by atoms with van der Waals surface area (Å²) in [6.45, 7) is 1.37. The molecule has 0 saturated carbocycles. The van der Waals surface area contributed by atoms with Crippen LogP contribution in [0.1, 0.15) is 24.3 Å². The number of benzene rings is 1. The van der Waals surface area contributed by atoms with Crippen molar-refractivity contribution in [3.8, 4) is 0 Å². The van der Waals surface area contributed by atoms with Gasteiger partial charge in [0, 0.05) is 0 Å². The van der Waals surface area contributed by atoms with Crippen LogP contribution in [0, 0.1) is 0 Å². The van der Waals surface area contributed by atoms with Gasteiger partial charge in [0.25, 0.3) is 0 Å². The molecule has 5 nitrogen and oxygen atoms in total. The number of nitrogens with one attached hydrogen (secondary N) is 1. The lowest BCUT2D eigenvalue weighted by Crippen LogP contribution is -2.27. The van der Waals surface area contributed by atoms with E-state index in [-0.39, 0.29) is 11.5 Å². The van der Waals surface area contributed by atoms with Gasteiger partial charge in [-0.25, -0.2) is 13.1 Å². The Hall–Kier alpha value is -1.63. The van der Waals surface area contributed by atoms with Gasteiger partial charge in [-0.3, -0.25) is 0 Å². The molecule has 1 heterocycles. The van der Waals surface area contributed by atoms with Gasteiger partial charge in [0.15, 0.2) is 0 Å². The highest BCUT2D eigenvalue weighted by atomic mass is 32.2. The maximum atomic E-state index is 12.3. The van der Waals surface area contributed by atoms with Crippen LogP contribution < -0.4 is 4.72 Å². The molecule has 6 heteroatoms. The Kier molecular flexibility index (Phi) is 4.04. The van der Waals surface area contributed by atoms with E-state index in [1.165, 1.54) is 12.3 Å². The van der Waals surface area contributed by atoms with E-state index < -0.39 is 16.1 Å². The highest BCUT2D eigenvalue weighted by Crippen LogP contribution is 2.20. The first-order valence-electron chi connectivity index (χ1n) is 5.79. The molecule has 0 amide bonds. The van der Waals surface area contributed by atoms with Gasteiger partial charge in [0.05, 0.1) is 23.8 Å². The Balaban J connectivity index is 2.28. The number of hydrogen-bond acceptors (Lipinski definition) is 4. The SMILES string of the molecule is CC(NS(=O)(=O)c1ccccc1CO)c1ccco1. The number of sulfonamides is 1. The molecule has 1 atom stereocenters. The maximum Gasteiger partial charge on any atom is 0.241 e. The second-order valence-electron chi connectivity index (χ2n) is 4.12. The first-order chi connectivity index (χ1) is 9.04. The van der Waals surface area contributed by atoms with Crippen LogP contribution in [0.5, 0.6) is 0 Å². The van der Waals surface area contributed by atoms with Crippen molar-refractivity contribution in [2.45, 2.75) is 24.5 Å². The van der Waals surface area contributed by atoms with Crippen LogP contribution >= 0.6 is 0 Å². The van der Waals surface area contributed by atoms with Crippen molar-refractivity contribution in [3.05, 3.63) is 54.0 Å². The summed E-state index contributed by atoms with van der Waals surface area (Å²) in [5.74, 6) is 0.532. The van der Waals surface area contributed by atoms with E-state index in [0.717, 1.165) is 0 Å². The fraction of sp³-hybridized carbons (Fsp3) is 0.231. The average Bonchev–Trinajstić information content (AvgIpc) is 2.92. The number of hydrogen-bond donors (Lipinski definition) is 2. The number of aliphatic hydroxyl groups excluding tert-OH is 1.